The summed E-state index contributed by atoms with van der Waals surface area (Å²) >= 11 is 5.13. The Labute approximate surface area is 53.2 Å². The van der Waals surface area contributed by atoms with Gasteiger partial charge in [0.1, 0.15) is 0 Å². The first-order valence-corrected chi connectivity index (χ1v) is 2.48. The van der Waals surface area contributed by atoms with E-state index in [1.165, 1.54) is 6.92 Å². The Morgan fingerprint density at radius 2 is 2.25 bits per heavy atom. The molecule has 0 bridgehead atoms. The van der Waals surface area contributed by atoms with Crippen molar-refractivity contribution >= 4 is 17.6 Å². The Morgan fingerprint density at radius 3 is 2.25 bits per heavy atom. The Kier molecular flexibility index (Phi) is 6.48. The predicted octanol–water partition coefficient (Wildman–Crippen LogP) is -0.0126. The van der Waals surface area contributed by atoms with Crippen molar-refractivity contribution in [3.63, 3.8) is 0 Å². The lowest BCUT2D eigenvalue weighted by molar-refractivity contribution is -0.310. The molecule has 0 aromatic carbocycles. The van der Waals surface area contributed by atoms with E-state index in [0.29, 0.717) is 0 Å². The smallest absolute Gasteiger partial charge is 0.0454 e. The number of quaternary nitrogens is 1. The zero-order chi connectivity index (χ0) is 5.86. The maximum absolute atomic E-state index is 9.73. The van der Waals surface area contributed by atoms with E-state index in [4.69, 9.17) is 11.6 Å². The monoisotopic (exact) mass is 139 g/mol. The van der Waals surface area contributed by atoms with Gasteiger partial charge in [0.25, 0.3) is 0 Å². The summed E-state index contributed by atoms with van der Waals surface area (Å²) in [5, 5.41) is 9.73. The molecule has 0 aromatic rings. The fourth-order valence-corrected chi connectivity index (χ4v) is 0.189. The lowest BCUT2D eigenvalue weighted by Crippen LogP contribution is -2.30. The van der Waals surface area contributed by atoms with Crippen molar-refractivity contribution in [1.82, 2.24) is 6.15 Å². The summed E-state index contributed by atoms with van der Waals surface area (Å²) in [6.07, 6.45) is 0. The van der Waals surface area contributed by atoms with Crippen LogP contribution in [-0.4, -0.2) is 11.8 Å². The van der Waals surface area contributed by atoms with Crippen LogP contribution in [0.15, 0.2) is 0 Å². The lowest BCUT2D eigenvalue weighted by atomic mass is 10.2. The molecule has 0 amide bonds. The minimum absolute atomic E-state index is 0. The zero-order valence-electron chi connectivity index (χ0n) is 4.98. The molecule has 0 aliphatic carbocycles. The van der Waals surface area contributed by atoms with Crippen molar-refractivity contribution in [2.45, 2.75) is 6.92 Å². The topological polar surface area (TPSA) is 76.6 Å². The van der Waals surface area contributed by atoms with Gasteiger partial charge >= 0.3 is 0 Å². The summed E-state index contributed by atoms with van der Waals surface area (Å²) < 4.78 is 0. The van der Waals surface area contributed by atoms with Crippen molar-refractivity contribution < 1.29 is 9.90 Å². The average molecular weight is 140 g/mol. The second-order valence-electron chi connectivity index (χ2n) is 1.37. The quantitative estimate of drug-likeness (QED) is 0.546. The lowest BCUT2D eigenvalue weighted by Gasteiger charge is -2.05. The van der Waals surface area contributed by atoms with Gasteiger partial charge in [0, 0.05) is 17.8 Å². The third kappa shape index (κ3) is 3.89. The summed E-state index contributed by atoms with van der Waals surface area (Å²) in [6.45, 7) is 1.50. The molecule has 0 saturated heterocycles. The van der Waals surface area contributed by atoms with Gasteiger partial charge in [-0.2, -0.15) is 0 Å². The van der Waals surface area contributed by atoms with Crippen LogP contribution in [0.1, 0.15) is 6.92 Å². The van der Waals surface area contributed by atoms with E-state index in [1.807, 2.05) is 0 Å². The second kappa shape index (κ2) is 4.87. The van der Waals surface area contributed by atoms with Crippen LogP contribution in [0.4, 0.5) is 0 Å². The average Bonchev–Trinajstić information content (AvgIpc) is 1.65. The van der Waals surface area contributed by atoms with Crippen LogP contribution in [0.5, 0.6) is 0 Å². The largest absolute Gasteiger partial charge is 0.550 e. The minimum Gasteiger partial charge on any atom is -0.550 e. The van der Waals surface area contributed by atoms with Crippen LogP contribution < -0.4 is 11.3 Å². The molecule has 1 atom stereocenters. The number of halogens is 1. The van der Waals surface area contributed by atoms with Crippen molar-refractivity contribution in [3.05, 3.63) is 0 Å². The zero-order valence-corrected chi connectivity index (χ0v) is 5.73. The van der Waals surface area contributed by atoms with Gasteiger partial charge in [0.2, 0.25) is 0 Å². The van der Waals surface area contributed by atoms with E-state index in [1.54, 1.807) is 0 Å². The SMILES string of the molecule is CC(CCl)C(=O)[O-].[NH4+]. The molecular formula is C4H10ClNO2. The Balaban J connectivity index is 0. The number of carboxylic acid groups (broad SMARTS) is 1. The number of carbonyl (C=O) groups excluding carboxylic acids is 1. The van der Waals surface area contributed by atoms with Crippen molar-refractivity contribution in [1.29, 1.82) is 0 Å². The summed E-state index contributed by atoms with van der Waals surface area (Å²) in [4.78, 5) is 9.73. The third-order valence-corrected chi connectivity index (χ3v) is 1.10. The first-order valence-electron chi connectivity index (χ1n) is 1.95. The first-order chi connectivity index (χ1) is 3.18. The fourth-order valence-electron chi connectivity index (χ4n) is 0.0630. The molecule has 0 aromatic heterocycles. The van der Waals surface area contributed by atoms with Crippen LogP contribution >= 0.6 is 11.6 Å². The van der Waals surface area contributed by atoms with Gasteiger partial charge in [0.15, 0.2) is 0 Å². The number of carboxylic acids is 1. The molecule has 0 spiro atoms. The molecular weight excluding hydrogens is 130 g/mol. The summed E-state index contributed by atoms with van der Waals surface area (Å²) in [7, 11) is 0. The molecule has 8 heavy (non-hydrogen) atoms. The molecule has 0 radical (unpaired) electrons. The number of carbonyl (C=O) groups is 1. The van der Waals surface area contributed by atoms with Gasteiger partial charge < -0.3 is 16.1 Å². The van der Waals surface area contributed by atoms with Crippen molar-refractivity contribution in [3.8, 4) is 0 Å². The van der Waals surface area contributed by atoms with Gasteiger partial charge in [-0.25, -0.2) is 0 Å². The van der Waals surface area contributed by atoms with E-state index < -0.39 is 11.9 Å². The highest BCUT2D eigenvalue weighted by Gasteiger charge is 1.96. The first kappa shape index (κ1) is 10.7. The molecule has 0 heterocycles. The van der Waals surface area contributed by atoms with E-state index in [2.05, 4.69) is 0 Å². The van der Waals surface area contributed by atoms with E-state index in [9.17, 15) is 9.90 Å². The van der Waals surface area contributed by atoms with E-state index in [-0.39, 0.29) is 12.0 Å². The van der Waals surface area contributed by atoms with Crippen molar-refractivity contribution in [2.24, 2.45) is 5.92 Å². The fraction of sp³-hybridized carbons (Fsp3) is 0.750. The molecule has 4 heteroatoms. The van der Waals surface area contributed by atoms with Gasteiger partial charge in [-0.1, -0.05) is 6.92 Å². The third-order valence-electron chi connectivity index (χ3n) is 0.634. The van der Waals surface area contributed by atoms with Crippen LogP contribution in [0.3, 0.4) is 0 Å². The number of alkyl halides is 1. The molecule has 0 rings (SSSR count). The van der Waals surface area contributed by atoms with Gasteiger partial charge in [-0.05, 0) is 0 Å². The highest BCUT2D eigenvalue weighted by molar-refractivity contribution is 6.19. The highest BCUT2D eigenvalue weighted by Crippen LogP contribution is 1.93. The molecule has 0 aliphatic heterocycles. The van der Waals surface area contributed by atoms with Gasteiger partial charge in [-0.15, -0.1) is 11.6 Å². The maximum atomic E-state index is 9.73. The van der Waals surface area contributed by atoms with Crippen LogP contribution in [0.2, 0.25) is 0 Å². The number of aliphatic carboxylic acids is 1. The summed E-state index contributed by atoms with van der Waals surface area (Å²) in [5.74, 6) is -1.49. The molecule has 50 valence electrons. The molecule has 4 N–H and O–H groups in total. The number of hydrogen-bond acceptors (Lipinski definition) is 2. The number of hydrogen-bond donors (Lipinski definition) is 1. The molecule has 1 unspecified atom stereocenters. The minimum atomic E-state index is -1.09. The summed E-state index contributed by atoms with van der Waals surface area (Å²) in [5.41, 5.74) is 0. The highest BCUT2D eigenvalue weighted by atomic mass is 35.5. The van der Waals surface area contributed by atoms with Gasteiger partial charge in [0.05, 0.1) is 0 Å². The number of rotatable bonds is 2. The second-order valence-corrected chi connectivity index (χ2v) is 1.68. The van der Waals surface area contributed by atoms with Gasteiger partial charge in [-0.3, -0.25) is 0 Å². The van der Waals surface area contributed by atoms with E-state index in [0.717, 1.165) is 0 Å². The molecule has 3 nitrogen and oxygen atoms in total. The van der Waals surface area contributed by atoms with Crippen LogP contribution in [0.25, 0.3) is 0 Å². The standard InChI is InChI=1S/C4H7ClO2.H3N/c1-3(2-5)4(6)7;/h3H,2H2,1H3,(H,6,7);1H3. The maximum Gasteiger partial charge on any atom is 0.0454 e. The molecule has 0 fully saturated rings. The summed E-state index contributed by atoms with van der Waals surface area (Å²) in [6, 6.07) is 0. The Bertz CT molecular complexity index is 76.4. The molecule has 0 saturated carbocycles. The Morgan fingerprint density at radius 1 is 1.88 bits per heavy atom. The Hall–Kier alpha value is -0.280. The van der Waals surface area contributed by atoms with E-state index >= 15 is 0 Å². The van der Waals surface area contributed by atoms with Crippen LogP contribution in [-0.2, 0) is 4.79 Å². The van der Waals surface area contributed by atoms with Crippen LogP contribution in [0, 0.1) is 5.92 Å². The van der Waals surface area contributed by atoms with Crippen molar-refractivity contribution in [2.75, 3.05) is 5.88 Å². The molecule has 0 aliphatic rings. The normalized spacial score (nSPS) is 11.8. The predicted molar refractivity (Wildman–Crippen MR) is 30.9 cm³/mol.